The maximum Gasteiger partial charge on any atom is 0.213 e. The van der Waals surface area contributed by atoms with Crippen LogP contribution >= 0.6 is 0 Å². The standard InChI is InChI=1S/C16H24N2O2/c1-3-6-13(7-4-2)12-20-16-9-5-8-14(18-16)15(19)10-11-17/h5,8-9,13,15,19H,3-4,6-7,10,12H2,1-2H3/t15-/m1/s1. The average Bonchev–Trinajstić information content (AvgIpc) is 2.46. The number of aliphatic hydroxyl groups is 1. The fraction of sp³-hybridized carbons (Fsp3) is 0.625. The van der Waals surface area contributed by atoms with E-state index < -0.39 is 6.10 Å². The molecule has 0 unspecified atom stereocenters. The molecule has 0 aliphatic carbocycles. The third-order valence-electron chi connectivity index (χ3n) is 3.23. The molecule has 0 radical (unpaired) electrons. The van der Waals surface area contributed by atoms with Crippen LogP contribution in [0.3, 0.4) is 0 Å². The number of hydrogen-bond acceptors (Lipinski definition) is 4. The lowest BCUT2D eigenvalue weighted by Gasteiger charge is -2.16. The molecule has 1 N–H and O–H groups in total. The Bertz CT molecular complexity index is 423. The highest BCUT2D eigenvalue weighted by Gasteiger charge is 2.11. The summed E-state index contributed by atoms with van der Waals surface area (Å²) in [4.78, 5) is 4.26. The molecule has 0 aliphatic rings. The van der Waals surface area contributed by atoms with Crippen molar-refractivity contribution in [2.24, 2.45) is 5.92 Å². The molecule has 20 heavy (non-hydrogen) atoms. The predicted octanol–water partition coefficient (Wildman–Crippen LogP) is 3.62. The van der Waals surface area contributed by atoms with Crippen LogP contribution < -0.4 is 4.74 Å². The molecule has 0 saturated heterocycles. The average molecular weight is 276 g/mol. The van der Waals surface area contributed by atoms with Crippen LogP contribution in [0.2, 0.25) is 0 Å². The summed E-state index contributed by atoms with van der Waals surface area (Å²) in [6.07, 6.45) is 3.83. The van der Waals surface area contributed by atoms with E-state index in [0.29, 0.717) is 24.1 Å². The van der Waals surface area contributed by atoms with Crippen molar-refractivity contribution < 1.29 is 9.84 Å². The number of hydrogen-bond donors (Lipinski definition) is 1. The Balaban J connectivity index is 2.59. The highest BCUT2D eigenvalue weighted by Crippen LogP contribution is 2.19. The lowest BCUT2D eigenvalue weighted by atomic mass is 9.99. The van der Waals surface area contributed by atoms with Gasteiger partial charge >= 0.3 is 0 Å². The normalized spacial score (nSPS) is 12.2. The number of ether oxygens (including phenoxy) is 1. The minimum atomic E-state index is -0.842. The van der Waals surface area contributed by atoms with Crippen LogP contribution in [0.1, 0.15) is 57.7 Å². The smallest absolute Gasteiger partial charge is 0.213 e. The summed E-state index contributed by atoms with van der Waals surface area (Å²) in [7, 11) is 0. The number of rotatable bonds is 9. The van der Waals surface area contributed by atoms with Gasteiger partial charge in [-0.15, -0.1) is 0 Å². The molecular formula is C16H24N2O2. The molecule has 1 aromatic heterocycles. The Hall–Kier alpha value is -1.60. The minimum absolute atomic E-state index is 0.0464. The van der Waals surface area contributed by atoms with Crippen LogP contribution in [-0.2, 0) is 0 Å². The Labute approximate surface area is 121 Å². The fourth-order valence-corrected chi connectivity index (χ4v) is 2.22. The van der Waals surface area contributed by atoms with Gasteiger partial charge in [-0.2, -0.15) is 5.26 Å². The van der Waals surface area contributed by atoms with Crippen LogP contribution in [0.5, 0.6) is 5.88 Å². The zero-order valence-electron chi connectivity index (χ0n) is 12.4. The van der Waals surface area contributed by atoms with Crippen molar-refractivity contribution in [1.29, 1.82) is 5.26 Å². The summed E-state index contributed by atoms with van der Waals surface area (Å²) in [5, 5.41) is 18.3. The first-order valence-electron chi connectivity index (χ1n) is 7.36. The topological polar surface area (TPSA) is 66.1 Å². The van der Waals surface area contributed by atoms with Gasteiger partial charge in [0.05, 0.1) is 24.8 Å². The molecule has 1 atom stereocenters. The molecule has 1 heterocycles. The van der Waals surface area contributed by atoms with Gasteiger partial charge in [-0.05, 0) is 24.8 Å². The van der Waals surface area contributed by atoms with E-state index >= 15 is 0 Å². The van der Waals surface area contributed by atoms with Gasteiger partial charge in [0.1, 0.15) is 6.10 Å². The van der Waals surface area contributed by atoms with Gasteiger partial charge in [0.15, 0.2) is 0 Å². The van der Waals surface area contributed by atoms with Crippen molar-refractivity contribution in [2.75, 3.05) is 6.61 Å². The van der Waals surface area contributed by atoms with E-state index in [4.69, 9.17) is 10.00 Å². The van der Waals surface area contributed by atoms with Gasteiger partial charge in [0, 0.05) is 6.07 Å². The maximum atomic E-state index is 9.75. The number of pyridine rings is 1. The van der Waals surface area contributed by atoms with Gasteiger partial charge in [0.2, 0.25) is 5.88 Å². The fourth-order valence-electron chi connectivity index (χ4n) is 2.22. The summed E-state index contributed by atoms with van der Waals surface area (Å²) in [6, 6.07) is 7.24. The first-order valence-corrected chi connectivity index (χ1v) is 7.36. The van der Waals surface area contributed by atoms with Gasteiger partial charge in [-0.1, -0.05) is 32.8 Å². The largest absolute Gasteiger partial charge is 0.477 e. The highest BCUT2D eigenvalue weighted by molar-refractivity contribution is 5.18. The number of aliphatic hydroxyl groups excluding tert-OH is 1. The monoisotopic (exact) mass is 276 g/mol. The van der Waals surface area contributed by atoms with Gasteiger partial charge in [-0.25, -0.2) is 4.98 Å². The van der Waals surface area contributed by atoms with Crippen LogP contribution in [0, 0.1) is 17.2 Å². The second-order valence-corrected chi connectivity index (χ2v) is 5.03. The molecule has 0 amide bonds. The zero-order chi connectivity index (χ0) is 14.8. The van der Waals surface area contributed by atoms with E-state index in [0.717, 1.165) is 25.7 Å². The predicted molar refractivity (Wildman–Crippen MR) is 78.2 cm³/mol. The van der Waals surface area contributed by atoms with E-state index in [1.165, 1.54) is 0 Å². The lowest BCUT2D eigenvalue weighted by molar-refractivity contribution is 0.174. The van der Waals surface area contributed by atoms with E-state index in [2.05, 4.69) is 18.8 Å². The van der Waals surface area contributed by atoms with Crippen molar-refractivity contribution in [3.63, 3.8) is 0 Å². The molecule has 0 bridgehead atoms. The number of nitriles is 1. The van der Waals surface area contributed by atoms with Crippen molar-refractivity contribution in [1.82, 2.24) is 4.98 Å². The summed E-state index contributed by atoms with van der Waals surface area (Å²) in [5.41, 5.74) is 0.492. The molecule has 0 fully saturated rings. The molecule has 110 valence electrons. The Kier molecular flexibility index (Phi) is 7.67. The first kappa shape index (κ1) is 16.5. The third kappa shape index (κ3) is 5.58. The molecule has 4 heteroatoms. The SMILES string of the molecule is CCCC(CCC)COc1cccc([C@H](O)CC#N)n1. The maximum absolute atomic E-state index is 9.75. The van der Waals surface area contributed by atoms with Crippen LogP contribution in [0.15, 0.2) is 18.2 Å². The van der Waals surface area contributed by atoms with E-state index in [1.54, 1.807) is 18.2 Å². The number of aromatic nitrogens is 1. The van der Waals surface area contributed by atoms with E-state index in [1.807, 2.05) is 6.07 Å². The molecule has 0 saturated carbocycles. The Morgan fingerprint density at radius 3 is 2.60 bits per heavy atom. The van der Waals surface area contributed by atoms with Crippen LogP contribution in [0.25, 0.3) is 0 Å². The van der Waals surface area contributed by atoms with E-state index in [9.17, 15) is 5.11 Å². The summed E-state index contributed by atoms with van der Waals surface area (Å²) in [6.45, 7) is 5.02. The van der Waals surface area contributed by atoms with Gasteiger partial charge < -0.3 is 9.84 Å². The third-order valence-corrected chi connectivity index (χ3v) is 3.23. The summed E-state index contributed by atoms with van der Waals surface area (Å²) >= 11 is 0. The Morgan fingerprint density at radius 2 is 2.00 bits per heavy atom. The van der Waals surface area contributed by atoms with Gasteiger partial charge in [0.25, 0.3) is 0 Å². The van der Waals surface area contributed by atoms with Crippen molar-refractivity contribution in [3.05, 3.63) is 23.9 Å². The molecule has 0 aromatic carbocycles. The van der Waals surface area contributed by atoms with Crippen LogP contribution in [-0.4, -0.2) is 16.7 Å². The second-order valence-electron chi connectivity index (χ2n) is 5.03. The molecule has 0 spiro atoms. The number of nitrogens with zero attached hydrogens (tertiary/aromatic N) is 2. The molecule has 0 aliphatic heterocycles. The second kappa shape index (κ2) is 9.33. The highest BCUT2D eigenvalue weighted by atomic mass is 16.5. The van der Waals surface area contributed by atoms with Crippen molar-refractivity contribution >= 4 is 0 Å². The molecular weight excluding hydrogens is 252 g/mol. The zero-order valence-corrected chi connectivity index (χ0v) is 12.4. The summed E-state index contributed by atoms with van der Waals surface area (Å²) in [5.74, 6) is 1.08. The molecule has 1 rings (SSSR count). The van der Waals surface area contributed by atoms with Crippen molar-refractivity contribution in [3.8, 4) is 11.9 Å². The molecule has 1 aromatic rings. The van der Waals surface area contributed by atoms with E-state index in [-0.39, 0.29) is 6.42 Å². The molecule has 4 nitrogen and oxygen atoms in total. The van der Waals surface area contributed by atoms with Crippen molar-refractivity contribution in [2.45, 2.75) is 52.1 Å². The quantitative estimate of drug-likeness (QED) is 0.748. The van der Waals surface area contributed by atoms with Gasteiger partial charge in [-0.3, -0.25) is 0 Å². The summed E-state index contributed by atoms with van der Waals surface area (Å²) < 4.78 is 5.74. The van der Waals surface area contributed by atoms with Crippen LogP contribution in [0.4, 0.5) is 0 Å². The first-order chi connectivity index (χ1) is 9.71. The Morgan fingerprint density at radius 1 is 1.30 bits per heavy atom. The minimum Gasteiger partial charge on any atom is -0.477 e. The lowest BCUT2D eigenvalue weighted by Crippen LogP contribution is -2.13.